The Kier molecular flexibility index (Phi) is 8.39. The molecule has 0 spiro atoms. The third-order valence-electron chi connectivity index (χ3n) is 12.1. The van der Waals surface area contributed by atoms with Crippen LogP contribution in [0.4, 0.5) is 0 Å². The lowest BCUT2D eigenvalue weighted by atomic mass is 9.93. The molecular formula is C58H36N2S. The molecule has 0 bridgehead atoms. The summed E-state index contributed by atoms with van der Waals surface area (Å²) in [5.41, 5.74) is 15.0. The summed E-state index contributed by atoms with van der Waals surface area (Å²) >= 11 is 1.77. The fourth-order valence-corrected chi connectivity index (χ4v) is 10.3. The van der Waals surface area contributed by atoms with E-state index in [1.165, 1.54) is 92.5 Å². The molecule has 0 amide bonds. The predicted octanol–water partition coefficient (Wildman–Crippen LogP) is 16.3. The number of nitrogens with zero attached hydrogens (tertiary/aromatic N) is 2. The van der Waals surface area contributed by atoms with Crippen LogP contribution in [0.5, 0.6) is 0 Å². The standard InChI is InChI=1S/C58H36N2S/c1-2-24-50-48(22-1)49-23-3-4-25-51(49)56-52(50)29-30-55(60-56)46-21-9-19-44(36-46)42-17-7-15-40(34-42)38-13-5-12-37(32-38)39-14-6-16-41(33-39)43-18-8-20-45(35-43)47-26-10-27-53-54-28-11-31-59-58(54)61-57(47)53/h1-36H. The van der Waals surface area contributed by atoms with Crippen LogP contribution in [0.1, 0.15) is 0 Å². The van der Waals surface area contributed by atoms with E-state index in [-0.39, 0.29) is 0 Å². The van der Waals surface area contributed by atoms with Crippen LogP contribution >= 0.6 is 11.3 Å². The molecule has 3 heterocycles. The highest BCUT2D eigenvalue weighted by Gasteiger charge is 2.14. The van der Waals surface area contributed by atoms with Crippen LogP contribution in [0.15, 0.2) is 219 Å². The van der Waals surface area contributed by atoms with E-state index in [0.29, 0.717) is 0 Å². The SMILES string of the molecule is c1cc(-c2cccc(-c3cccc(-c4ccc5c6ccccc6c6ccccc6c5n4)c3)c2)cc(-c2cccc(-c3cccc(-c4cccc5c4sc4ncccc45)c3)c2)c1. The zero-order valence-corrected chi connectivity index (χ0v) is 33.9. The molecule has 0 fully saturated rings. The van der Waals surface area contributed by atoms with Gasteiger partial charge in [0.05, 0.1) is 11.2 Å². The number of thiophene rings is 1. The second kappa shape index (κ2) is 14.5. The van der Waals surface area contributed by atoms with Gasteiger partial charge < -0.3 is 0 Å². The van der Waals surface area contributed by atoms with Gasteiger partial charge in [0.15, 0.2) is 0 Å². The highest BCUT2D eigenvalue weighted by molar-refractivity contribution is 7.26. The predicted molar refractivity (Wildman–Crippen MR) is 260 cm³/mol. The number of hydrogen-bond donors (Lipinski definition) is 0. The van der Waals surface area contributed by atoms with Gasteiger partial charge in [0, 0.05) is 38.0 Å². The molecule has 0 saturated heterocycles. The van der Waals surface area contributed by atoms with Gasteiger partial charge in [0.2, 0.25) is 0 Å². The first-order valence-electron chi connectivity index (χ1n) is 20.7. The summed E-state index contributed by atoms with van der Waals surface area (Å²) < 4.78 is 1.28. The molecule has 0 radical (unpaired) electrons. The summed E-state index contributed by atoms with van der Waals surface area (Å²) in [4.78, 5) is 11.1. The Balaban J connectivity index is 0.855. The average Bonchev–Trinajstić information content (AvgIpc) is 3.73. The monoisotopic (exact) mass is 792 g/mol. The van der Waals surface area contributed by atoms with E-state index in [9.17, 15) is 0 Å². The Morgan fingerprint density at radius 3 is 1.28 bits per heavy atom. The van der Waals surface area contributed by atoms with Gasteiger partial charge in [0.1, 0.15) is 4.83 Å². The molecule has 61 heavy (non-hydrogen) atoms. The minimum Gasteiger partial charge on any atom is -0.247 e. The molecule has 12 aromatic rings. The van der Waals surface area contributed by atoms with Crippen molar-refractivity contribution in [3.05, 3.63) is 219 Å². The Bertz CT molecular complexity index is 3640. The van der Waals surface area contributed by atoms with E-state index in [0.717, 1.165) is 27.2 Å². The number of rotatable bonds is 6. The third-order valence-corrected chi connectivity index (χ3v) is 13.3. The lowest BCUT2D eigenvalue weighted by Crippen LogP contribution is -1.90. The first-order chi connectivity index (χ1) is 30.2. The topological polar surface area (TPSA) is 25.8 Å². The lowest BCUT2D eigenvalue weighted by Gasteiger charge is -2.12. The van der Waals surface area contributed by atoms with Crippen LogP contribution in [0.3, 0.4) is 0 Å². The molecule has 284 valence electrons. The Labute approximate surface area is 357 Å². The molecule has 0 aliphatic rings. The number of benzene rings is 9. The van der Waals surface area contributed by atoms with Crippen LogP contribution < -0.4 is 0 Å². The average molecular weight is 793 g/mol. The zero-order valence-electron chi connectivity index (χ0n) is 33.1. The summed E-state index contributed by atoms with van der Waals surface area (Å²) in [6, 6.07) is 76.9. The Morgan fingerprint density at radius 2 is 0.705 bits per heavy atom. The highest BCUT2D eigenvalue weighted by atomic mass is 32.1. The normalized spacial score (nSPS) is 11.6. The van der Waals surface area contributed by atoms with E-state index < -0.39 is 0 Å². The maximum absolute atomic E-state index is 5.32. The van der Waals surface area contributed by atoms with Crippen molar-refractivity contribution in [2.45, 2.75) is 0 Å². The Morgan fingerprint density at radius 1 is 0.295 bits per heavy atom. The van der Waals surface area contributed by atoms with Crippen LogP contribution in [-0.4, -0.2) is 9.97 Å². The fraction of sp³-hybridized carbons (Fsp3) is 0. The highest BCUT2D eigenvalue weighted by Crippen LogP contribution is 2.41. The van der Waals surface area contributed by atoms with E-state index >= 15 is 0 Å². The number of pyridine rings is 2. The van der Waals surface area contributed by atoms with Crippen LogP contribution in [0.2, 0.25) is 0 Å². The van der Waals surface area contributed by atoms with Gasteiger partial charge in [-0.2, -0.15) is 0 Å². The van der Waals surface area contributed by atoms with Crippen LogP contribution in [0, 0.1) is 0 Å². The molecule has 3 heteroatoms. The van der Waals surface area contributed by atoms with Crippen molar-refractivity contribution in [3.63, 3.8) is 0 Å². The smallest absolute Gasteiger partial charge is 0.124 e. The van der Waals surface area contributed by atoms with Crippen molar-refractivity contribution in [1.29, 1.82) is 0 Å². The molecular weight excluding hydrogens is 757 g/mol. The van der Waals surface area contributed by atoms with E-state index in [2.05, 4.69) is 211 Å². The second-order valence-corrected chi connectivity index (χ2v) is 16.7. The van der Waals surface area contributed by atoms with E-state index in [1.54, 1.807) is 11.3 Å². The minimum atomic E-state index is 0.971. The summed E-state index contributed by atoms with van der Waals surface area (Å²) in [5, 5.41) is 8.57. The van der Waals surface area contributed by atoms with Gasteiger partial charge in [-0.05, 0) is 126 Å². The number of fused-ring (bicyclic) bond motifs is 9. The molecule has 0 atom stereocenters. The Hall–Kier alpha value is -7.72. The minimum absolute atomic E-state index is 0.971. The van der Waals surface area contributed by atoms with Gasteiger partial charge in [0.25, 0.3) is 0 Å². The summed E-state index contributed by atoms with van der Waals surface area (Å²) in [6.07, 6.45) is 1.88. The molecule has 3 aromatic heterocycles. The largest absolute Gasteiger partial charge is 0.247 e. The number of hydrogen-bond acceptors (Lipinski definition) is 3. The molecule has 0 saturated carbocycles. The molecule has 0 aliphatic carbocycles. The summed E-state index contributed by atoms with van der Waals surface area (Å²) in [6.45, 7) is 0. The van der Waals surface area contributed by atoms with Gasteiger partial charge in [-0.1, -0.05) is 158 Å². The quantitative estimate of drug-likeness (QED) is 0.157. The van der Waals surface area contributed by atoms with Gasteiger partial charge >= 0.3 is 0 Å². The van der Waals surface area contributed by atoms with Gasteiger partial charge in [-0.15, -0.1) is 11.3 Å². The van der Waals surface area contributed by atoms with Crippen LogP contribution in [0.25, 0.3) is 120 Å². The van der Waals surface area contributed by atoms with Crippen molar-refractivity contribution in [1.82, 2.24) is 9.97 Å². The summed E-state index contributed by atoms with van der Waals surface area (Å²) in [5.74, 6) is 0. The molecule has 9 aromatic carbocycles. The van der Waals surface area contributed by atoms with E-state index in [4.69, 9.17) is 4.98 Å². The maximum Gasteiger partial charge on any atom is 0.124 e. The maximum atomic E-state index is 5.32. The molecule has 0 unspecified atom stereocenters. The second-order valence-electron chi connectivity index (χ2n) is 15.7. The molecule has 0 aliphatic heterocycles. The van der Waals surface area contributed by atoms with Crippen molar-refractivity contribution < 1.29 is 0 Å². The van der Waals surface area contributed by atoms with Crippen molar-refractivity contribution >= 4 is 64.1 Å². The fourth-order valence-electron chi connectivity index (χ4n) is 9.14. The zero-order chi connectivity index (χ0) is 40.3. The van der Waals surface area contributed by atoms with Gasteiger partial charge in [-0.3, -0.25) is 0 Å². The first-order valence-corrected chi connectivity index (χ1v) is 21.5. The van der Waals surface area contributed by atoms with Crippen molar-refractivity contribution in [3.8, 4) is 66.9 Å². The third kappa shape index (κ3) is 6.18. The number of aromatic nitrogens is 2. The van der Waals surface area contributed by atoms with Crippen LogP contribution in [-0.2, 0) is 0 Å². The lowest BCUT2D eigenvalue weighted by molar-refractivity contribution is 1.41. The van der Waals surface area contributed by atoms with Crippen molar-refractivity contribution in [2.24, 2.45) is 0 Å². The van der Waals surface area contributed by atoms with Crippen molar-refractivity contribution in [2.75, 3.05) is 0 Å². The summed E-state index contributed by atoms with van der Waals surface area (Å²) in [7, 11) is 0. The molecule has 0 N–H and O–H groups in total. The first kappa shape index (κ1) is 35.2. The molecule has 12 rings (SSSR count). The van der Waals surface area contributed by atoms with Gasteiger partial charge in [-0.25, -0.2) is 9.97 Å². The van der Waals surface area contributed by atoms with E-state index in [1.807, 2.05) is 12.3 Å². The molecule has 2 nitrogen and oxygen atoms in total.